The summed E-state index contributed by atoms with van der Waals surface area (Å²) in [5.41, 5.74) is 1.53. The highest BCUT2D eigenvalue weighted by Gasteiger charge is 2.61. The van der Waals surface area contributed by atoms with E-state index in [0.29, 0.717) is 23.7 Å². The second kappa shape index (κ2) is 9.11. The molecule has 4 rings (SSSR count). The van der Waals surface area contributed by atoms with Crippen molar-refractivity contribution >= 4 is 35.5 Å². The van der Waals surface area contributed by atoms with Crippen LogP contribution in [0, 0.1) is 16.7 Å². The summed E-state index contributed by atoms with van der Waals surface area (Å²) in [4.78, 5) is 14.0. The molecule has 2 bridgehead atoms. The molecule has 0 radical (unpaired) electrons. The van der Waals surface area contributed by atoms with Crippen LogP contribution in [0.1, 0.15) is 52.0 Å². The van der Waals surface area contributed by atoms with Crippen LogP contribution in [0.2, 0.25) is 0 Å². The van der Waals surface area contributed by atoms with E-state index in [-0.39, 0.29) is 22.9 Å². The number of carbonyl (C=O) groups is 1. The van der Waals surface area contributed by atoms with Crippen molar-refractivity contribution in [1.82, 2.24) is 0 Å². The molecule has 2 aromatic carbocycles. The van der Waals surface area contributed by atoms with E-state index in [1.807, 2.05) is 36.4 Å². The van der Waals surface area contributed by atoms with E-state index in [1.54, 1.807) is 12.1 Å². The summed E-state index contributed by atoms with van der Waals surface area (Å²) in [6.07, 6.45) is 4.41. The van der Waals surface area contributed by atoms with Crippen molar-refractivity contribution in [2.24, 2.45) is 16.7 Å². The third-order valence-electron chi connectivity index (χ3n) is 7.93. The smallest absolute Gasteiger partial charge is 0.320 e. The molecule has 0 spiro atoms. The summed E-state index contributed by atoms with van der Waals surface area (Å²) in [7, 11) is -1.74. The first kappa shape index (κ1) is 23.8. The van der Waals surface area contributed by atoms with Crippen molar-refractivity contribution in [3.8, 4) is 0 Å². The lowest BCUT2D eigenvalue weighted by atomic mass is 9.71. The zero-order valence-electron chi connectivity index (χ0n) is 19.0. The molecule has 0 saturated heterocycles. The zero-order chi connectivity index (χ0) is 23.0. The van der Waals surface area contributed by atoms with E-state index in [0.717, 1.165) is 29.2 Å². The Morgan fingerprint density at radius 1 is 1.12 bits per heavy atom. The van der Waals surface area contributed by atoms with Crippen molar-refractivity contribution in [2.75, 3.05) is 0 Å². The number of ether oxygens (including phenoxy) is 1. The van der Waals surface area contributed by atoms with Crippen molar-refractivity contribution in [3.05, 3.63) is 66.2 Å². The summed E-state index contributed by atoms with van der Waals surface area (Å²) in [6.45, 7) is 6.95. The molecule has 5 unspecified atom stereocenters. The minimum atomic E-state index is -2.84. The average Bonchev–Trinajstić information content (AvgIpc) is 3.11. The highest BCUT2D eigenvalue weighted by atomic mass is 33.3. The van der Waals surface area contributed by atoms with Gasteiger partial charge in [-0.15, -0.1) is 0 Å². The summed E-state index contributed by atoms with van der Waals surface area (Å²) >= 11 is 5.51. The molecule has 2 aliphatic carbocycles. The van der Waals surface area contributed by atoms with E-state index >= 15 is 0 Å². The number of benzene rings is 2. The van der Waals surface area contributed by atoms with Crippen molar-refractivity contribution in [3.63, 3.8) is 0 Å². The number of hydrogen-bond acceptors (Lipinski definition) is 5. The predicted octanol–water partition coefficient (Wildman–Crippen LogP) is 6.20. The van der Waals surface area contributed by atoms with Crippen molar-refractivity contribution < 1.29 is 13.7 Å². The van der Waals surface area contributed by atoms with Gasteiger partial charge in [0, 0.05) is 5.92 Å². The molecule has 2 aromatic rings. The number of rotatable bonds is 8. The second-order valence-electron chi connectivity index (χ2n) is 9.98. The Labute approximate surface area is 200 Å². The lowest BCUT2D eigenvalue weighted by Crippen LogP contribution is -2.32. The van der Waals surface area contributed by atoms with Gasteiger partial charge in [0.25, 0.3) is 0 Å². The van der Waals surface area contributed by atoms with Gasteiger partial charge in [-0.05, 0) is 82.6 Å². The molecule has 2 saturated carbocycles. The maximum atomic E-state index is 13.4. The molecule has 0 aliphatic heterocycles. The van der Waals surface area contributed by atoms with Crippen LogP contribution in [0.3, 0.4) is 0 Å². The maximum Gasteiger partial charge on any atom is 0.320 e. The maximum absolute atomic E-state index is 13.4. The fraction of sp³-hybridized carbons (Fsp3) is 0.500. The molecule has 0 heterocycles. The lowest BCUT2D eigenvalue weighted by molar-refractivity contribution is -0.151. The van der Waals surface area contributed by atoms with Crippen LogP contribution in [0.25, 0.3) is 0 Å². The quantitative estimate of drug-likeness (QED) is 0.327. The first-order chi connectivity index (χ1) is 15.1. The molecule has 3 nitrogen and oxygen atoms in total. The van der Waals surface area contributed by atoms with Crippen LogP contribution in [0.5, 0.6) is 0 Å². The molecule has 32 heavy (non-hydrogen) atoms. The Kier molecular flexibility index (Phi) is 6.77. The minimum Gasteiger partial charge on any atom is -0.461 e. The number of carbonyl (C=O) groups excluding carboxylic acids is 1. The third-order valence-corrected chi connectivity index (χ3v) is 13.0. The topological polar surface area (TPSA) is 43.4 Å². The Bertz CT molecular complexity index is 1050. The average molecular weight is 489 g/mol. The van der Waals surface area contributed by atoms with Gasteiger partial charge in [0.05, 0.1) is 4.90 Å². The summed E-state index contributed by atoms with van der Waals surface area (Å²) in [5.74, 6) is 0.120. The molecule has 2 fully saturated rings. The highest BCUT2D eigenvalue weighted by Crippen LogP contribution is 2.66. The van der Waals surface area contributed by atoms with Gasteiger partial charge in [0.15, 0.2) is 0 Å². The van der Waals surface area contributed by atoms with Crippen molar-refractivity contribution in [1.29, 1.82) is 0 Å². The van der Waals surface area contributed by atoms with E-state index in [2.05, 4.69) is 32.9 Å². The number of aryl methyl sites for hydroxylation is 1. The fourth-order valence-corrected chi connectivity index (χ4v) is 10.0. The first-order valence-electron chi connectivity index (χ1n) is 11.4. The van der Waals surface area contributed by atoms with Gasteiger partial charge in [-0.25, -0.2) is 4.21 Å². The van der Waals surface area contributed by atoms with Gasteiger partial charge in [-0.2, -0.15) is 0 Å². The predicted molar refractivity (Wildman–Crippen MR) is 135 cm³/mol. The van der Waals surface area contributed by atoms with E-state index < -0.39 is 12.8 Å². The Morgan fingerprint density at radius 3 is 2.31 bits per heavy atom. The van der Waals surface area contributed by atoms with Gasteiger partial charge in [-0.3, -0.25) is 4.79 Å². The standard InChI is InChI=1S/C26H32O3S3/c1-25(2)21-16-17-26(25,3)18-22(21)29-24(27)23(15-14-19-10-6-4-7-11-19)31-32(28,30)20-12-8-5-9-13-20/h4-13,21-23H,14-18H2,1-3H3. The molecular formula is C26H32O3S3. The summed E-state index contributed by atoms with van der Waals surface area (Å²) < 4.78 is 19.5. The summed E-state index contributed by atoms with van der Waals surface area (Å²) in [5, 5.41) is -0.560. The van der Waals surface area contributed by atoms with E-state index in [1.165, 1.54) is 6.42 Å². The monoisotopic (exact) mass is 488 g/mol. The normalized spacial score (nSPS) is 28.7. The van der Waals surface area contributed by atoms with Crippen LogP contribution < -0.4 is 0 Å². The lowest BCUT2D eigenvalue weighted by Gasteiger charge is -2.33. The van der Waals surface area contributed by atoms with Crippen LogP contribution in [-0.4, -0.2) is 21.5 Å². The molecule has 0 N–H and O–H groups in total. The molecular weight excluding hydrogens is 456 g/mol. The highest BCUT2D eigenvalue weighted by molar-refractivity contribution is 8.85. The molecule has 5 atom stereocenters. The minimum absolute atomic E-state index is 0.0611. The molecule has 6 heteroatoms. The molecule has 172 valence electrons. The first-order valence-corrected chi connectivity index (χ1v) is 15.2. The van der Waals surface area contributed by atoms with Crippen LogP contribution in [-0.2, 0) is 34.7 Å². The van der Waals surface area contributed by atoms with E-state index in [9.17, 15) is 9.00 Å². The Morgan fingerprint density at radius 2 is 1.75 bits per heavy atom. The van der Waals surface area contributed by atoms with Crippen molar-refractivity contribution in [2.45, 2.75) is 69.1 Å². The largest absolute Gasteiger partial charge is 0.461 e. The fourth-order valence-electron chi connectivity index (χ4n) is 5.50. The molecule has 2 aliphatic rings. The SMILES string of the molecule is CC12CCC(C(OC(=O)C(CCc3ccccc3)SS(=O)(=S)c3ccccc3)C1)C2(C)C. The van der Waals surface area contributed by atoms with Gasteiger partial charge in [0.2, 0.25) is 0 Å². The van der Waals surface area contributed by atoms with Crippen LogP contribution in [0.15, 0.2) is 65.6 Å². The molecule has 0 aromatic heterocycles. The second-order valence-corrected chi connectivity index (χ2v) is 16.2. The van der Waals surface area contributed by atoms with Crippen LogP contribution >= 0.6 is 10.8 Å². The third kappa shape index (κ3) is 4.64. The number of fused-ring (bicyclic) bond motifs is 2. The number of hydrogen-bond donors (Lipinski definition) is 0. The number of esters is 1. The molecule has 0 amide bonds. The van der Waals surface area contributed by atoms with Gasteiger partial charge in [-0.1, -0.05) is 69.3 Å². The zero-order valence-corrected chi connectivity index (χ0v) is 21.4. The van der Waals surface area contributed by atoms with Crippen LogP contribution in [0.4, 0.5) is 0 Å². The van der Waals surface area contributed by atoms with E-state index in [4.69, 9.17) is 15.9 Å². The Hall–Kier alpha value is -1.37. The Balaban J connectivity index is 1.51. The van der Waals surface area contributed by atoms with Gasteiger partial charge < -0.3 is 4.74 Å². The summed E-state index contributed by atoms with van der Waals surface area (Å²) in [6, 6.07) is 19.2. The van der Waals surface area contributed by atoms with Gasteiger partial charge >= 0.3 is 5.97 Å². The van der Waals surface area contributed by atoms with Gasteiger partial charge in [0.1, 0.15) is 18.9 Å².